The molecule has 0 radical (unpaired) electrons. The van der Waals surface area contributed by atoms with Gasteiger partial charge in [0.15, 0.2) is 0 Å². The van der Waals surface area contributed by atoms with Crippen LogP contribution in [0.3, 0.4) is 0 Å². The molecule has 1 saturated heterocycles. The summed E-state index contributed by atoms with van der Waals surface area (Å²) in [6.45, 7) is 0. The molecule has 0 spiro atoms. The molecule has 0 aliphatic carbocycles. The second-order valence-corrected chi connectivity index (χ2v) is 5.87. The maximum atomic E-state index is 12.9. The zero-order valence-corrected chi connectivity index (χ0v) is 13.5. The molecule has 1 heterocycles. The maximum absolute atomic E-state index is 12.9. The molecule has 25 heavy (non-hydrogen) atoms. The average Bonchev–Trinajstić information content (AvgIpc) is 2.60. The Bertz CT molecular complexity index is 748. The van der Waals surface area contributed by atoms with Gasteiger partial charge in [0.25, 0.3) is 0 Å². The lowest BCUT2D eigenvalue weighted by Gasteiger charge is -2.38. The molecule has 1 N–H and O–H groups in total. The summed E-state index contributed by atoms with van der Waals surface area (Å²) in [7, 11) is 0. The van der Waals surface area contributed by atoms with Gasteiger partial charge in [-0.3, -0.25) is 4.79 Å². The van der Waals surface area contributed by atoms with Crippen LogP contribution in [0.4, 0.5) is 9.18 Å². The molecule has 6 heteroatoms. The van der Waals surface area contributed by atoms with Crippen LogP contribution in [0.25, 0.3) is 0 Å². The summed E-state index contributed by atoms with van der Waals surface area (Å²) in [4.78, 5) is 25.0. The smallest absolute Gasteiger partial charge is 0.420 e. The highest BCUT2D eigenvalue weighted by Crippen LogP contribution is 2.33. The lowest BCUT2D eigenvalue weighted by Crippen LogP contribution is -2.51. The predicted octanol–water partition coefficient (Wildman–Crippen LogP) is 3.71. The molecule has 1 fully saturated rings. The van der Waals surface area contributed by atoms with Crippen LogP contribution in [0.2, 0.25) is 0 Å². The molecule has 0 saturated carbocycles. The molecule has 2 atom stereocenters. The van der Waals surface area contributed by atoms with Crippen LogP contribution in [-0.4, -0.2) is 22.0 Å². The summed E-state index contributed by atoms with van der Waals surface area (Å²) in [5, 5.41) is 10.1. The standard InChI is InChI=1S/C19H18FNO4/c20-15-11-9-13(10-12-15)16(22)7-4-8-17(23)21-18(25-19(21)24)14-5-2-1-3-6-14/h1-3,5-6,9-12,16,18,22H,4,7-8H2/t16-,18-/m0/s1. The number of carbonyl (C=O) groups excluding carboxylic acids is 2. The van der Waals surface area contributed by atoms with E-state index in [0.717, 1.165) is 10.5 Å². The lowest BCUT2D eigenvalue weighted by molar-refractivity contribution is -0.156. The number of benzene rings is 2. The second-order valence-electron chi connectivity index (χ2n) is 5.87. The fourth-order valence-corrected chi connectivity index (χ4v) is 2.74. The van der Waals surface area contributed by atoms with Crippen molar-refractivity contribution in [3.05, 3.63) is 71.5 Å². The highest BCUT2D eigenvalue weighted by molar-refractivity contribution is 5.95. The van der Waals surface area contributed by atoms with E-state index >= 15 is 0 Å². The van der Waals surface area contributed by atoms with Gasteiger partial charge in [0, 0.05) is 12.0 Å². The number of hydrogen-bond donors (Lipinski definition) is 1. The first kappa shape index (κ1) is 17.1. The van der Waals surface area contributed by atoms with Gasteiger partial charge in [0.05, 0.1) is 6.10 Å². The predicted molar refractivity (Wildman–Crippen MR) is 87.7 cm³/mol. The Morgan fingerprint density at radius 2 is 1.84 bits per heavy atom. The Morgan fingerprint density at radius 3 is 2.48 bits per heavy atom. The van der Waals surface area contributed by atoms with Crippen molar-refractivity contribution in [3.63, 3.8) is 0 Å². The van der Waals surface area contributed by atoms with E-state index < -0.39 is 18.4 Å². The number of carbonyl (C=O) groups is 2. The fourth-order valence-electron chi connectivity index (χ4n) is 2.74. The summed E-state index contributed by atoms with van der Waals surface area (Å²) in [5.74, 6) is -0.703. The molecule has 130 valence electrons. The highest BCUT2D eigenvalue weighted by Gasteiger charge is 2.43. The van der Waals surface area contributed by atoms with E-state index in [0.29, 0.717) is 18.4 Å². The molecule has 1 aliphatic heterocycles. The Hall–Kier alpha value is -2.73. The molecule has 5 nitrogen and oxygen atoms in total. The first-order valence-electron chi connectivity index (χ1n) is 8.07. The minimum absolute atomic E-state index is 0.122. The van der Waals surface area contributed by atoms with Gasteiger partial charge in [-0.05, 0) is 30.5 Å². The largest absolute Gasteiger partial charge is 0.422 e. The number of halogens is 1. The Labute approximate surface area is 144 Å². The van der Waals surface area contributed by atoms with Crippen LogP contribution in [0.1, 0.15) is 42.7 Å². The number of amides is 2. The topological polar surface area (TPSA) is 66.8 Å². The molecule has 0 bridgehead atoms. The molecule has 0 unspecified atom stereocenters. The number of nitrogens with zero attached hydrogens (tertiary/aromatic N) is 1. The van der Waals surface area contributed by atoms with Crippen LogP contribution in [0.15, 0.2) is 54.6 Å². The molecule has 1 aliphatic rings. The van der Waals surface area contributed by atoms with Crippen LogP contribution < -0.4 is 0 Å². The quantitative estimate of drug-likeness (QED) is 0.868. The van der Waals surface area contributed by atoms with E-state index in [1.54, 1.807) is 12.1 Å². The van der Waals surface area contributed by atoms with Crippen molar-refractivity contribution < 1.29 is 23.8 Å². The molecule has 2 aromatic rings. The fraction of sp³-hybridized carbons (Fsp3) is 0.263. The third kappa shape index (κ3) is 3.85. The molecule has 2 aromatic carbocycles. The number of cyclic esters (lactones) is 1. The third-order valence-corrected chi connectivity index (χ3v) is 4.12. The van der Waals surface area contributed by atoms with Gasteiger partial charge < -0.3 is 9.84 Å². The van der Waals surface area contributed by atoms with E-state index in [9.17, 15) is 19.1 Å². The van der Waals surface area contributed by atoms with E-state index in [1.165, 1.54) is 24.3 Å². The summed E-state index contributed by atoms with van der Waals surface area (Å²) in [5.41, 5.74) is 1.33. The lowest BCUT2D eigenvalue weighted by atomic mass is 10.0. The zero-order valence-electron chi connectivity index (χ0n) is 13.5. The van der Waals surface area contributed by atoms with Gasteiger partial charge in [-0.15, -0.1) is 0 Å². The van der Waals surface area contributed by atoms with Crippen molar-refractivity contribution in [2.24, 2.45) is 0 Å². The van der Waals surface area contributed by atoms with Crippen LogP contribution in [-0.2, 0) is 9.53 Å². The van der Waals surface area contributed by atoms with E-state index in [-0.39, 0.29) is 18.1 Å². The maximum Gasteiger partial charge on any atom is 0.422 e. The third-order valence-electron chi connectivity index (χ3n) is 4.12. The van der Waals surface area contributed by atoms with Crippen molar-refractivity contribution in [2.75, 3.05) is 0 Å². The normalized spacial score (nSPS) is 17.6. The number of aliphatic hydroxyl groups is 1. The number of aliphatic hydroxyl groups excluding tert-OH is 1. The average molecular weight is 343 g/mol. The summed E-state index contributed by atoms with van der Waals surface area (Å²) in [6, 6.07) is 14.6. The highest BCUT2D eigenvalue weighted by atomic mass is 19.1. The van der Waals surface area contributed by atoms with Crippen LogP contribution in [0, 0.1) is 5.82 Å². The van der Waals surface area contributed by atoms with Crippen LogP contribution >= 0.6 is 0 Å². The number of hydrogen-bond acceptors (Lipinski definition) is 4. The van der Waals surface area contributed by atoms with Gasteiger partial charge in [-0.2, -0.15) is 0 Å². The van der Waals surface area contributed by atoms with Gasteiger partial charge in [-0.25, -0.2) is 14.1 Å². The van der Waals surface area contributed by atoms with Gasteiger partial charge >= 0.3 is 6.09 Å². The SMILES string of the molecule is O=C(CCC[C@H](O)c1ccc(F)cc1)N1C(=O)O[C@H]1c1ccccc1. The minimum Gasteiger partial charge on any atom is -0.420 e. The van der Waals surface area contributed by atoms with Gasteiger partial charge in [0.2, 0.25) is 12.1 Å². The van der Waals surface area contributed by atoms with Gasteiger partial charge in [-0.1, -0.05) is 42.5 Å². The van der Waals surface area contributed by atoms with E-state index in [1.807, 2.05) is 18.2 Å². The summed E-state index contributed by atoms with van der Waals surface area (Å²) in [6.07, 6.45) is -1.24. The molecule has 3 rings (SSSR count). The first-order chi connectivity index (χ1) is 12.1. The Morgan fingerprint density at radius 1 is 1.16 bits per heavy atom. The molecule has 2 amide bonds. The Balaban J connectivity index is 1.52. The zero-order chi connectivity index (χ0) is 17.8. The van der Waals surface area contributed by atoms with Crippen molar-refractivity contribution in [1.82, 2.24) is 4.90 Å². The van der Waals surface area contributed by atoms with Crippen molar-refractivity contribution in [2.45, 2.75) is 31.6 Å². The molecular formula is C19H18FNO4. The number of imide groups is 1. The van der Waals surface area contributed by atoms with Crippen molar-refractivity contribution in [3.8, 4) is 0 Å². The van der Waals surface area contributed by atoms with E-state index in [2.05, 4.69) is 0 Å². The minimum atomic E-state index is -0.776. The van der Waals surface area contributed by atoms with Gasteiger partial charge in [0.1, 0.15) is 5.82 Å². The first-order valence-corrected chi connectivity index (χ1v) is 8.07. The summed E-state index contributed by atoms with van der Waals surface area (Å²) < 4.78 is 17.9. The molecule has 0 aromatic heterocycles. The number of rotatable bonds is 6. The second kappa shape index (κ2) is 7.44. The monoisotopic (exact) mass is 343 g/mol. The van der Waals surface area contributed by atoms with E-state index in [4.69, 9.17) is 4.74 Å². The number of ether oxygens (including phenoxy) is 1. The summed E-state index contributed by atoms with van der Waals surface area (Å²) >= 11 is 0. The Kier molecular flexibility index (Phi) is 5.09. The van der Waals surface area contributed by atoms with Crippen molar-refractivity contribution >= 4 is 12.0 Å². The van der Waals surface area contributed by atoms with Crippen molar-refractivity contribution in [1.29, 1.82) is 0 Å². The molecular weight excluding hydrogens is 325 g/mol. The van der Waals surface area contributed by atoms with Crippen LogP contribution in [0.5, 0.6) is 0 Å².